The van der Waals surface area contributed by atoms with Gasteiger partial charge in [0, 0.05) is 31.7 Å². The van der Waals surface area contributed by atoms with Gasteiger partial charge in [-0.1, -0.05) is 6.07 Å². The lowest BCUT2D eigenvalue weighted by Crippen LogP contribution is -2.38. The second-order valence-electron chi connectivity index (χ2n) is 5.31. The summed E-state index contributed by atoms with van der Waals surface area (Å²) in [6.07, 6.45) is 1.89. The second-order valence-corrected chi connectivity index (χ2v) is 6.63. The quantitative estimate of drug-likeness (QED) is 0.432. The average Bonchev–Trinajstić information content (AvgIpc) is 3.16. The number of rotatable bonds is 4. The molecule has 6 nitrogen and oxygen atoms in total. The highest BCUT2D eigenvalue weighted by Crippen LogP contribution is 2.32. The smallest absolute Gasteiger partial charge is 0.231 e. The lowest BCUT2D eigenvalue weighted by molar-refractivity contribution is 0.174. The standard InChI is InChI=1S/C16H20N4O2S.HI/c1-11-7-18-15(23-11)8-19-16(17-2)20(3)9-12-4-5-13-14(6-12)22-10-21-13;/h4-7H,8-10H2,1-3H3,(H,17,19);1H. The molecule has 2 heterocycles. The molecule has 2 aromatic rings. The van der Waals surface area contributed by atoms with Crippen LogP contribution in [0.25, 0.3) is 0 Å². The van der Waals surface area contributed by atoms with Gasteiger partial charge in [-0.3, -0.25) is 4.99 Å². The van der Waals surface area contributed by atoms with E-state index in [2.05, 4.69) is 27.1 Å². The Bertz CT molecular complexity index is 720. The van der Waals surface area contributed by atoms with Gasteiger partial charge in [-0.15, -0.1) is 35.3 Å². The molecule has 0 atom stereocenters. The molecule has 0 saturated carbocycles. The number of nitrogens with zero attached hydrogens (tertiary/aromatic N) is 3. The maximum atomic E-state index is 5.42. The van der Waals surface area contributed by atoms with Crippen molar-refractivity contribution < 1.29 is 9.47 Å². The van der Waals surface area contributed by atoms with Crippen molar-refractivity contribution >= 4 is 41.3 Å². The third-order valence-corrected chi connectivity index (χ3v) is 4.41. The first-order valence-electron chi connectivity index (χ1n) is 7.37. The van der Waals surface area contributed by atoms with Gasteiger partial charge in [0.2, 0.25) is 6.79 Å². The number of benzene rings is 1. The van der Waals surface area contributed by atoms with Gasteiger partial charge in [0.05, 0.1) is 6.54 Å². The molecule has 130 valence electrons. The van der Waals surface area contributed by atoms with E-state index in [0.717, 1.165) is 34.6 Å². The summed E-state index contributed by atoms with van der Waals surface area (Å²) >= 11 is 1.69. The summed E-state index contributed by atoms with van der Waals surface area (Å²) in [5.41, 5.74) is 1.14. The van der Waals surface area contributed by atoms with Crippen molar-refractivity contribution in [1.82, 2.24) is 15.2 Å². The largest absolute Gasteiger partial charge is 0.454 e. The van der Waals surface area contributed by atoms with Crippen molar-refractivity contribution in [2.24, 2.45) is 4.99 Å². The number of nitrogens with one attached hydrogen (secondary N) is 1. The molecular formula is C16H21IN4O2S. The fourth-order valence-electron chi connectivity index (χ4n) is 2.41. The summed E-state index contributed by atoms with van der Waals surface area (Å²) < 4.78 is 10.8. The molecule has 24 heavy (non-hydrogen) atoms. The third kappa shape index (κ3) is 4.50. The van der Waals surface area contributed by atoms with E-state index < -0.39 is 0 Å². The Labute approximate surface area is 162 Å². The maximum absolute atomic E-state index is 5.42. The first-order valence-corrected chi connectivity index (χ1v) is 8.19. The number of fused-ring (bicyclic) bond motifs is 1. The summed E-state index contributed by atoms with van der Waals surface area (Å²) in [7, 11) is 3.79. The number of guanidine groups is 1. The molecule has 0 fully saturated rings. The summed E-state index contributed by atoms with van der Waals surface area (Å²) in [5.74, 6) is 2.44. The normalized spacial score (nSPS) is 12.7. The van der Waals surface area contributed by atoms with Gasteiger partial charge in [0.15, 0.2) is 17.5 Å². The van der Waals surface area contributed by atoms with Crippen LogP contribution in [-0.2, 0) is 13.1 Å². The fourth-order valence-corrected chi connectivity index (χ4v) is 3.14. The van der Waals surface area contributed by atoms with Crippen LogP contribution in [0.5, 0.6) is 11.5 Å². The van der Waals surface area contributed by atoms with E-state index in [9.17, 15) is 0 Å². The van der Waals surface area contributed by atoms with E-state index in [1.165, 1.54) is 4.88 Å². The van der Waals surface area contributed by atoms with Crippen molar-refractivity contribution in [3.63, 3.8) is 0 Å². The van der Waals surface area contributed by atoms with Crippen molar-refractivity contribution in [3.05, 3.63) is 39.8 Å². The van der Waals surface area contributed by atoms with E-state index in [-0.39, 0.29) is 24.0 Å². The Morgan fingerprint density at radius 1 is 1.38 bits per heavy atom. The minimum atomic E-state index is 0. The van der Waals surface area contributed by atoms with Gasteiger partial charge in [-0.2, -0.15) is 0 Å². The van der Waals surface area contributed by atoms with Crippen LogP contribution in [0.15, 0.2) is 29.4 Å². The van der Waals surface area contributed by atoms with Gasteiger partial charge in [-0.05, 0) is 24.6 Å². The minimum absolute atomic E-state index is 0. The van der Waals surface area contributed by atoms with Crippen molar-refractivity contribution in [2.75, 3.05) is 20.9 Å². The molecule has 3 rings (SSSR count). The number of aliphatic imine (C=N–C) groups is 1. The summed E-state index contributed by atoms with van der Waals surface area (Å²) in [6.45, 7) is 3.76. The van der Waals surface area contributed by atoms with Crippen LogP contribution in [0.1, 0.15) is 15.4 Å². The molecule has 0 spiro atoms. The number of hydrogen-bond acceptors (Lipinski definition) is 5. The summed E-state index contributed by atoms with van der Waals surface area (Å²) in [4.78, 5) is 12.0. The Morgan fingerprint density at radius 2 is 2.17 bits per heavy atom. The highest BCUT2D eigenvalue weighted by atomic mass is 127. The Hall–Kier alpha value is -1.55. The Morgan fingerprint density at radius 3 is 2.88 bits per heavy atom. The molecule has 0 radical (unpaired) electrons. The molecule has 1 aromatic carbocycles. The summed E-state index contributed by atoms with van der Waals surface area (Å²) in [5, 5.41) is 4.39. The van der Waals surface area contributed by atoms with E-state index in [4.69, 9.17) is 9.47 Å². The molecule has 8 heteroatoms. The molecule has 1 aliphatic rings. The van der Waals surface area contributed by atoms with Crippen molar-refractivity contribution in [1.29, 1.82) is 0 Å². The number of ether oxygens (including phenoxy) is 2. The SMILES string of the molecule is CN=C(NCc1ncc(C)s1)N(C)Cc1ccc2c(c1)OCO2.I. The predicted octanol–water partition coefficient (Wildman–Crippen LogP) is 3.01. The molecular weight excluding hydrogens is 439 g/mol. The van der Waals surface area contributed by atoms with Crippen LogP contribution in [0.4, 0.5) is 0 Å². The summed E-state index contributed by atoms with van der Waals surface area (Å²) in [6, 6.07) is 6.00. The first kappa shape index (κ1) is 18.8. The second kappa shape index (κ2) is 8.52. The van der Waals surface area contributed by atoms with Crippen molar-refractivity contribution in [3.8, 4) is 11.5 Å². The van der Waals surface area contributed by atoms with Crippen LogP contribution in [-0.4, -0.2) is 36.7 Å². The highest BCUT2D eigenvalue weighted by molar-refractivity contribution is 14.0. The van der Waals surface area contributed by atoms with Gasteiger partial charge < -0.3 is 19.7 Å². The van der Waals surface area contributed by atoms with Gasteiger partial charge >= 0.3 is 0 Å². The zero-order valence-electron chi connectivity index (χ0n) is 13.9. The van der Waals surface area contributed by atoms with Gasteiger partial charge in [-0.25, -0.2) is 4.98 Å². The van der Waals surface area contributed by atoms with Gasteiger partial charge in [0.25, 0.3) is 0 Å². The minimum Gasteiger partial charge on any atom is -0.454 e. The van der Waals surface area contributed by atoms with Crippen LogP contribution in [0.3, 0.4) is 0 Å². The lowest BCUT2D eigenvalue weighted by Gasteiger charge is -2.22. The maximum Gasteiger partial charge on any atom is 0.231 e. The number of hydrogen-bond donors (Lipinski definition) is 1. The lowest BCUT2D eigenvalue weighted by atomic mass is 10.2. The highest BCUT2D eigenvalue weighted by Gasteiger charge is 2.14. The Kier molecular flexibility index (Phi) is 6.67. The molecule has 0 saturated heterocycles. The number of thiazole rings is 1. The van der Waals surface area contributed by atoms with Crippen LogP contribution in [0, 0.1) is 6.92 Å². The number of aryl methyl sites for hydroxylation is 1. The van der Waals surface area contributed by atoms with E-state index in [1.807, 2.05) is 31.4 Å². The monoisotopic (exact) mass is 460 g/mol. The molecule has 0 aliphatic carbocycles. The van der Waals surface area contributed by atoms with E-state index in [1.54, 1.807) is 18.4 Å². The molecule has 1 aromatic heterocycles. The van der Waals surface area contributed by atoms with E-state index >= 15 is 0 Å². The molecule has 0 amide bonds. The topological polar surface area (TPSA) is 59.0 Å². The third-order valence-electron chi connectivity index (χ3n) is 3.50. The van der Waals surface area contributed by atoms with Crippen LogP contribution >= 0.6 is 35.3 Å². The zero-order valence-corrected chi connectivity index (χ0v) is 17.1. The number of halogens is 1. The molecule has 0 bridgehead atoms. The van der Waals surface area contributed by atoms with Crippen LogP contribution in [0.2, 0.25) is 0 Å². The van der Waals surface area contributed by atoms with Crippen LogP contribution < -0.4 is 14.8 Å². The van der Waals surface area contributed by atoms with E-state index in [0.29, 0.717) is 13.3 Å². The van der Waals surface area contributed by atoms with Crippen molar-refractivity contribution in [2.45, 2.75) is 20.0 Å². The van der Waals surface area contributed by atoms with Gasteiger partial charge in [0.1, 0.15) is 5.01 Å². The molecule has 0 unspecified atom stereocenters. The zero-order chi connectivity index (χ0) is 16.2. The Balaban J connectivity index is 0.00000208. The number of aromatic nitrogens is 1. The predicted molar refractivity (Wildman–Crippen MR) is 106 cm³/mol. The average molecular weight is 460 g/mol. The molecule has 1 N–H and O–H groups in total. The first-order chi connectivity index (χ1) is 11.2. The fraction of sp³-hybridized carbons (Fsp3) is 0.375. The molecule has 1 aliphatic heterocycles.